The minimum Gasteiger partial charge on any atom is -0.322 e. The van der Waals surface area contributed by atoms with E-state index in [0.717, 1.165) is 23.0 Å². The maximum atomic E-state index is 12.9. The van der Waals surface area contributed by atoms with Crippen LogP contribution < -0.4 is 21.2 Å². The SMILES string of the molecule is O=C(/C=C/c1ccccc1)Nc1ccccc1C[P+](c1ccccc1)(c1ccccc1)c1ccccc1. The standard InChI is InChI=1S/C34H28NOP/c36-34(26-25-28-15-5-1-6-16-28)35-33-24-14-13-17-29(33)27-37(30-18-7-2-8-19-30,31-20-9-3-10-21-31)32-22-11-4-12-23-32/h1-26H,27H2/p+1/b26-25+. The molecule has 0 heterocycles. The Morgan fingerprint density at radius 3 is 1.51 bits per heavy atom. The van der Waals surface area contributed by atoms with Crippen LogP contribution >= 0.6 is 7.26 Å². The Morgan fingerprint density at radius 2 is 1.00 bits per heavy atom. The van der Waals surface area contributed by atoms with Crippen LogP contribution in [0.4, 0.5) is 5.69 Å². The molecule has 0 spiro atoms. The molecular formula is C34H29NOP+. The number of carbonyl (C=O) groups is 1. The maximum absolute atomic E-state index is 12.9. The molecule has 5 aromatic carbocycles. The molecule has 0 atom stereocenters. The van der Waals surface area contributed by atoms with E-state index in [2.05, 4.69) is 108 Å². The molecule has 0 fully saturated rings. The zero-order valence-corrected chi connectivity index (χ0v) is 21.5. The van der Waals surface area contributed by atoms with Gasteiger partial charge in [-0.2, -0.15) is 0 Å². The third kappa shape index (κ3) is 5.61. The van der Waals surface area contributed by atoms with Crippen LogP contribution in [0.3, 0.4) is 0 Å². The highest BCUT2D eigenvalue weighted by atomic mass is 31.2. The molecule has 0 aromatic heterocycles. The van der Waals surface area contributed by atoms with Crippen molar-refractivity contribution >= 4 is 40.8 Å². The third-order valence-corrected chi connectivity index (χ3v) is 10.9. The Labute approximate surface area is 219 Å². The van der Waals surface area contributed by atoms with Gasteiger partial charge in [0, 0.05) is 17.3 Å². The number of nitrogens with one attached hydrogen (secondary N) is 1. The summed E-state index contributed by atoms with van der Waals surface area (Å²) in [4.78, 5) is 12.9. The summed E-state index contributed by atoms with van der Waals surface area (Å²) in [6.45, 7) is 0. The van der Waals surface area contributed by atoms with Crippen molar-refractivity contribution in [3.8, 4) is 0 Å². The van der Waals surface area contributed by atoms with Crippen LogP contribution in [0, 0.1) is 0 Å². The van der Waals surface area contributed by atoms with E-state index in [4.69, 9.17) is 0 Å². The van der Waals surface area contributed by atoms with Crippen molar-refractivity contribution in [2.75, 3.05) is 5.32 Å². The van der Waals surface area contributed by atoms with Crippen molar-refractivity contribution < 1.29 is 4.79 Å². The van der Waals surface area contributed by atoms with Gasteiger partial charge in [0.2, 0.25) is 5.91 Å². The highest BCUT2D eigenvalue weighted by molar-refractivity contribution is 7.95. The second-order valence-electron chi connectivity index (χ2n) is 8.86. The number of amides is 1. The molecule has 0 unspecified atom stereocenters. The molecule has 3 heteroatoms. The lowest BCUT2D eigenvalue weighted by molar-refractivity contribution is -0.111. The fourth-order valence-electron chi connectivity index (χ4n) is 4.71. The minimum absolute atomic E-state index is 0.139. The number of hydrogen-bond acceptors (Lipinski definition) is 1. The van der Waals surface area contributed by atoms with Crippen molar-refractivity contribution in [1.29, 1.82) is 0 Å². The van der Waals surface area contributed by atoms with E-state index in [1.807, 2.05) is 48.5 Å². The Bertz CT molecular complexity index is 1370. The van der Waals surface area contributed by atoms with Gasteiger partial charge in [0.05, 0.1) is 0 Å². The van der Waals surface area contributed by atoms with Crippen LogP contribution in [-0.4, -0.2) is 5.91 Å². The van der Waals surface area contributed by atoms with Crippen LogP contribution in [0.1, 0.15) is 11.1 Å². The molecule has 0 aliphatic rings. The van der Waals surface area contributed by atoms with Gasteiger partial charge in [-0.1, -0.05) is 103 Å². The normalized spacial score (nSPS) is 11.4. The van der Waals surface area contributed by atoms with Gasteiger partial charge < -0.3 is 5.32 Å². The molecule has 0 saturated carbocycles. The fraction of sp³-hybridized carbons (Fsp3) is 0.0294. The summed E-state index contributed by atoms with van der Waals surface area (Å²) in [5.41, 5.74) is 2.96. The summed E-state index contributed by atoms with van der Waals surface area (Å²) in [7, 11) is -2.08. The third-order valence-electron chi connectivity index (χ3n) is 6.50. The van der Waals surface area contributed by atoms with E-state index >= 15 is 0 Å². The first-order chi connectivity index (χ1) is 18.3. The lowest BCUT2D eigenvalue weighted by atomic mass is 10.2. The van der Waals surface area contributed by atoms with Gasteiger partial charge in [0.15, 0.2) is 0 Å². The largest absolute Gasteiger partial charge is 0.322 e. The van der Waals surface area contributed by atoms with Crippen LogP contribution in [0.25, 0.3) is 6.08 Å². The first-order valence-electron chi connectivity index (χ1n) is 12.4. The van der Waals surface area contributed by atoms with E-state index in [0.29, 0.717) is 0 Å². The molecule has 0 saturated heterocycles. The smallest absolute Gasteiger partial charge is 0.248 e. The van der Waals surface area contributed by atoms with E-state index < -0.39 is 7.26 Å². The molecule has 180 valence electrons. The number of hydrogen-bond donors (Lipinski definition) is 1. The summed E-state index contributed by atoms with van der Waals surface area (Å²) in [6, 6.07) is 50.5. The van der Waals surface area contributed by atoms with Gasteiger partial charge in [-0.15, -0.1) is 0 Å². The predicted octanol–water partition coefficient (Wildman–Crippen LogP) is 6.83. The average molecular weight is 499 g/mol. The quantitative estimate of drug-likeness (QED) is 0.184. The number of benzene rings is 5. The topological polar surface area (TPSA) is 29.1 Å². The molecule has 1 N–H and O–H groups in total. The van der Waals surface area contributed by atoms with Crippen LogP contribution in [0.2, 0.25) is 0 Å². The van der Waals surface area contributed by atoms with E-state index in [1.165, 1.54) is 15.9 Å². The van der Waals surface area contributed by atoms with Crippen LogP contribution in [0.15, 0.2) is 152 Å². The molecule has 2 nitrogen and oxygen atoms in total. The number of anilines is 1. The minimum atomic E-state index is -2.08. The lowest BCUT2D eigenvalue weighted by Gasteiger charge is -2.28. The first kappa shape index (κ1) is 24.4. The molecule has 0 radical (unpaired) electrons. The summed E-state index contributed by atoms with van der Waals surface area (Å²) in [6.07, 6.45) is 4.23. The van der Waals surface area contributed by atoms with E-state index in [1.54, 1.807) is 6.08 Å². The maximum Gasteiger partial charge on any atom is 0.248 e. The van der Waals surface area contributed by atoms with Crippen molar-refractivity contribution in [1.82, 2.24) is 0 Å². The van der Waals surface area contributed by atoms with Gasteiger partial charge in [0.25, 0.3) is 0 Å². The average Bonchev–Trinajstić information content (AvgIpc) is 2.97. The monoisotopic (exact) mass is 498 g/mol. The molecule has 5 aromatic rings. The van der Waals surface area contributed by atoms with Gasteiger partial charge in [0.1, 0.15) is 29.3 Å². The highest BCUT2D eigenvalue weighted by Gasteiger charge is 2.45. The fourth-order valence-corrected chi connectivity index (χ4v) is 8.99. The zero-order valence-electron chi connectivity index (χ0n) is 20.6. The molecular weight excluding hydrogens is 469 g/mol. The van der Waals surface area contributed by atoms with E-state index in [9.17, 15) is 4.79 Å². The molecule has 0 aliphatic carbocycles. The molecule has 1 amide bonds. The molecule has 0 aliphatic heterocycles. The Hall–Kier alpha value is -4.26. The van der Waals surface area contributed by atoms with Gasteiger partial charge >= 0.3 is 0 Å². The summed E-state index contributed by atoms with van der Waals surface area (Å²) in [5, 5.41) is 7.10. The van der Waals surface area contributed by atoms with Gasteiger partial charge in [-0.05, 0) is 54.1 Å². The summed E-state index contributed by atoms with van der Waals surface area (Å²) >= 11 is 0. The molecule has 0 bridgehead atoms. The Kier molecular flexibility index (Phi) is 7.69. The van der Waals surface area contributed by atoms with Crippen molar-refractivity contribution in [2.24, 2.45) is 0 Å². The number of carbonyl (C=O) groups excluding carboxylic acids is 1. The molecule has 37 heavy (non-hydrogen) atoms. The van der Waals surface area contributed by atoms with Crippen LogP contribution in [0.5, 0.6) is 0 Å². The highest BCUT2D eigenvalue weighted by Crippen LogP contribution is 2.58. The number of rotatable bonds is 8. The Morgan fingerprint density at radius 1 is 0.568 bits per heavy atom. The lowest BCUT2D eigenvalue weighted by Crippen LogP contribution is -2.32. The summed E-state index contributed by atoms with van der Waals surface area (Å²) < 4.78 is 0. The van der Waals surface area contributed by atoms with Crippen molar-refractivity contribution in [3.05, 3.63) is 163 Å². The van der Waals surface area contributed by atoms with Crippen molar-refractivity contribution in [2.45, 2.75) is 6.16 Å². The van der Waals surface area contributed by atoms with Crippen LogP contribution in [-0.2, 0) is 11.0 Å². The van der Waals surface area contributed by atoms with Gasteiger partial charge in [-0.25, -0.2) is 0 Å². The van der Waals surface area contributed by atoms with Gasteiger partial charge in [-0.3, -0.25) is 4.79 Å². The molecule has 5 rings (SSSR count). The first-order valence-corrected chi connectivity index (χ1v) is 14.4. The second kappa shape index (κ2) is 11.6. The number of para-hydroxylation sites is 1. The second-order valence-corrected chi connectivity index (χ2v) is 12.3. The predicted molar refractivity (Wildman–Crippen MR) is 159 cm³/mol. The Balaban J connectivity index is 1.57. The van der Waals surface area contributed by atoms with E-state index in [-0.39, 0.29) is 5.91 Å². The van der Waals surface area contributed by atoms with Crippen molar-refractivity contribution in [3.63, 3.8) is 0 Å². The zero-order chi connectivity index (χ0) is 25.3. The summed E-state index contributed by atoms with van der Waals surface area (Å²) in [5.74, 6) is -0.139.